The van der Waals surface area contributed by atoms with Crippen molar-refractivity contribution >= 4 is 11.8 Å². The summed E-state index contributed by atoms with van der Waals surface area (Å²) < 4.78 is 0. The van der Waals surface area contributed by atoms with Gasteiger partial charge in [-0.3, -0.25) is 14.5 Å². The third kappa shape index (κ3) is 3.28. The summed E-state index contributed by atoms with van der Waals surface area (Å²) >= 11 is 0. The van der Waals surface area contributed by atoms with Gasteiger partial charge in [-0.1, -0.05) is 58.3 Å². The third-order valence-electron chi connectivity index (χ3n) is 7.60. The Kier molecular flexibility index (Phi) is 5.95. The Morgan fingerprint density at radius 2 is 1.15 bits per heavy atom. The van der Waals surface area contributed by atoms with Crippen LogP contribution in [0.3, 0.4) is 0 Å². The first-order valence-electron chi connectivity index (χ1n) is 10.8. The van der Waals surface area contributed by atoms with Crippen LogP contribution in [-0.4, -0.2) is 33.8 Å². The van der Waals surface area contributed by atoms with Crippen LogP contribution in [0.1, 0.15) is 96.8 Å². The highest BCUT2D eigenvalue weighted by molar-refractivity contribution is 5.89. The van der Waals surface area contributed by atoms with Gasteiger partial charge in [0.05, 0.1) is 0 Å². The maximum Gasteiger partial charge on any atom is 0.237 e. The molecule has 3 aliphatic rings. The van der Waals surface area contributed by atoms with Gasteiger partial charge in [0.15, 0.2) is 0 Å². The van der Waals surface area contributed by atoms with Crippen molar-refractivity contribution in [2.24, 2.45) is 17.4 Å². The molecule has 0 radical (unpaired) electrons. The SMILES string of the molecule is CC1CCCCC1N(C1(C(N)=O)CCCCC1)C1(C(N)=O)CCCCC1. The minimum absolute atomic E-state index is 0.235. The topological polar surface area (TPSA) is 89.4 Å². The molecule has 2 unspecified atom stereocenters. The maximum atomic E-state index is 12.9. The van der Waals surface area contributed by atoms with Crippen LogP contribution >= 0.6 is 0 Å². The molecule has 0 aliphatic heterocycles. The molecule has 4 N–H and O–H groups in total. The minimum Gasteiger partial charge on any atom is -0.368 e. The standard InChI is InChI=1S/C21H37N3O2/c1-16-10-4-5-11-17(16)24(20(18(22)25)12-6-2-7-13-20)21(19(23)26)14-8-3-9-15-21/h16-17H,2-15H2,1H3,(H2,22,25)(H2,23,26). The van der Waals surface area contributed by atoms with Crippen molar-refractivity contribution in [3.05, 3.63) is 0 Å². The number of carbonyl (C=O) groups excluding carboxylic acids is 2. The van der Waals surface area contributed by atoms with E-state index in [-0.39, 0.29) is 17.9 Å². The fourth-order valence-corrected chi connectivity index (χ4v) is 6.21. The largest absolute Gasteiger partial charge is 0.368 e. The van der Waals surface area contributed by atoms with E-state index in [9.17, 15) is 9.59 Å². The molecule has 0 bridgehead atoms. The fourth-order valence-electron chi connectivity index (χ4n) is 6.21. The van der Waals surface area contributed by atoms with Gasteiger partial charge in [-0.2, -0.15) is 0 Å². The van der Waals surface area contributed by atoms with Gasteiger partial charge in [-0.05, 0) is 44.4 Å². The van der Waals surface area contributed by atoms with E-state index in [0.29, 0.717) is 5.92 Å². The highest BCUT2D eigenvalue weighted by Crippen LogP contribution is 2.48. The highest BCUT2D eigenvalue weighted by atomic mass is 16.2. The Morgan fingerprint density at radius 1 is 0.731 bits per heavy atom. The first kappa shape index (κ1) is 19.7. The lowest BCUT2D eigenvalue weighted by molar-refractivity contribution is -0.162. The molecule has 0 saturated heterocycles. The average molecular weight is 364 g/mol. The lowest BCUT2D eigenvalue weighted by Gasteiger charge is -2.59. The van der Waals surface area contributed by atoms with E-state index in [1.54, 1.807) is 0 Å². The third-order valence-corrected chi connectivity index (χ3v) is 7.60. The van der Waals surface area contributed by atoms with Crippen LogP contribution in [0.4, 0.5) is 0 Å². The van der Waals surface area contributed by atoms with Gasteiger partial charge >= 0.3 is 0 Å². The van der Waals surface area contributed by atoms with Crippen LogP contribution in [0, 0.1) is 5.92 Å². The van der Waals surface area contributed by atoms with Gasteiger partial charge in [0, 0.05) is 6.04 Å². The molecule has 3 aliphatic carbocycles. The zero-order valence-corrected chi connectivity index (χ0v) is 16.5. The number of hydrogen-bond acceptors (Lipinski definition) is 3. The quantitative estimate of drug-likeness (QED) is 0.786. The van der Waals surface area contributed by atoms with Gasteiger partial charge in [0.2, 0.25) is 11.8 Å². The van der Waals surface area contributed by atoms with Gasteiger partial charge in [0.25, 0.3) is 0 Å². The van der Waals surface area contributed by atoms with Crippen molar-refractivity contribution in [1.29, 1.82) is 0 Å². The molecule has 3 fully saturated rings. The molecule has 2 amide bonds. The monoisotopic (exact) mass is 363 g/mol. The number of nitrogens with zero attached hydrogens (tertiary/aromatic N) is 1. The Bertz CT molecular complexity index is 485. The van der Waals surface area contributed by atoms with Crippen molar-refractivity contribution < 1.29 is 9.59 Å². The summed E-state index contributed by atoms with van der Waals surface area (Å²) in [5.74, 6) is 0.00222. The van der Waals surface area contributed by atoms with Crippen LogP contribution in [0.5, 0.6) is 0 Å². The molecule has 2 atom stereocenters. The molecule has 5 heteroatoms. The van der Waals surface area contributed by atoms with Gasteiger partial charge in [-0.25, -0.2) is 0 Å². The van der Waals surface area contributed by atoms with Gasteiger partial charge in [-0.15, -0.1) is 0 Å². The van der Waals surface area contributed by atoms with Crippen LogP contribution < -0.4 is 11.5 Å². The van der Waals surface area contributed by atoms with E-state index in [2.05, 4.69) is 11.8 Å². The number of carbonyl (C=O) groups is 2. The van der Waals surface area contributed by atoms with Crippen LogP contribution in [0.2, 0.25) is 0 Å². The normalized spacial score (nSPS) is 31.5. The first-order valence-corrected chi connectivity index (χ1v) is 10.8. The van der Waals surface area contributed by atoms with Crippen molar-refractivity contribution in [1.82, 2.24) is 4.90 Å². The number of hydrogen-bond donors (Lipinski definition) is 2. The highest BCUT2D eigenvalue weighted by Gasteiger charge is 2.58. The summed E-state index contributed by atoms with van der Waals surface area (Å²) in [5.41, 5.74) is 10.8. The summed E-state index contributed by atoms with van der Waals surface area (Å²) in [6, 6.07) is 0.236. The van der Waals surface area contributed by atoms with Crippen molar-refractivity contribution in [3.8, 4) is 0 Å². The van der Waals surface area contributed by atoms with Crippen LogP contribution in [-0.2, 0) is 9.59 Å². The molecular formula is C21H37N3O2. The van der Waals surface area contributed by atoms with Gasteiger partial charge in [0.1, 0.15) is 11.1 Å². The number of nitrogens with two attached hydrogens (primary N) is 2. The molecule has 0 heterocycles. The Morgan fingerprint density at radius 3 is 1.54 bits per heavy atom. The predicted molar refractivity (Wildman–Crippen MR) is 103 cm³/mol. The Hall–Kier alpha value is -1.10. The summed E-state index contributed by atoms with van der Waals surface area (Å²) in [6.07, 6.45) is 14.0. The van der Waals surface area contributed by atoms with E-state index < -0.39 is 11.1 Å². The van der Waals surface area contributed by atoms with E-state index in [0.717, 1.165) is 83.5 Å². The van der Waals surface area contributed by atoms with E-state index in [1.807, 2.05) is 0 Å². The molecule has 0 aromatic heterocycles. The molecular weight excluding hydrogens is 326 g/mol. The van der Waals surface area contributed by atoms with Crippen LogP contribution in [0.25, 0.3) is 0 Å². The Balaban J connectivity index is 2.11. The van der Waals surface area contributed by atoms with Crippen molar-refractivity contribution in [3.63, 3.8) is 0 Å². The maximum absolute atomic E-state index is 12.9. The molecule has 148 valence electrons. The molecule has 3 rings (SSSR count). The summed E-state index contributed by atoms with van der Waals surface area (Å²) in [6.45, 7) is 2.28. The van der Waals surface area contributed by atoms with Crippen molar-refractivity contribution in [2.45, 2.75) is 114 Å². The lowest BCUT2D eigenvalue weighted by atomic mass is 9.68. The van der Waals surface area contributed by atoms with E-state index in [1.165, 1.54) is 6.42 Å². The second kappa shape index (κ2) is 7.87. The van der Waals surface area contributed by atoms with E-state index in [4.69, 9.17) is 11.5 Å². The average Bonchev–Trinajstić information content (AvgIpc) is 2.65. The number of primary amides is 2. The molecule has 3 saturated carbocycles. The predicted octanol–water partition coefficient (Wildman–Crippen LogP) is 3.24. The molecule has 5 nitrogen and oxygen atoms in total. The first-order chi connectivity index (χ1) is 12.4. The van der Waals surface area contributed by atoms with Crippen LogP contribution in [0.15, 0.2) is 0 Å². The second-order valence-corrected chi connectivity index (χ2v) is 9.11. The van der Waals surface area contributed by atoms with Gasteiger partial charge < -0.3 is 11.5 Å². The molecule has 26 heavy (non-hydrogen) atoms. The minimum atomic E-state index is -0.694. The summed E-state index contributed by atoms with van der Waals surface area (Å²) in [7, 11) is 0. The Labute approximate surface area is 158 Å². The zero-order valence-electron chi connectivity index (χ0n) is 16.5. The summed E-state index contributed by atoms with van der Waals surface area (Å²) in [5, 5.41) is 0. The number of rotatable bonds is 5. The lowest BCUT2D eigenvalue weighted by Crippen LogP contribution is -2.74. The molecule has 0 aromatic rings. The molecule has 0 spiro atoms. The summed E-state index contributed by atoms with van der Waals surface area (Å²) in [4.78, 5) is 28.1. The smallest absolute Gasteiger partial charge is 0.237 e. The van der Waals surface area contributed by atoms with Crippen molar-refractivity contribution in [2.75, 3.05) is 0 Å². The van der Waals surface area contributed by atoms with E-state index >= 15 is 0 Å². The zero-order chi connectivity index (χ0) is 18.8. The molecule has 0 aromatic carbocycles. The fraction of sp³-hybridized carbons (Fsp3) is 0.905. The second-order valence-electron chi connectivity index (χ2n) is 9.11. The number of amides is 2.